The van der Waals surface area contributed by atoms with Gasteiger partial charge in [0.1, 0.15) is 0 Å². The van der Waals surface area contributed by atoms with Crippen LogP contribution >= 0.6 is 0 Å². The van der Waals surface area contributed by atoms with Crippen molar-refractivity contribution in [2.75, 3.05) is 11.9 Å². The lowest BCUT2D eigenvalue weighted by atomic mass is 10.0. The minimum Gasteiger partial charge on any atom is -0.384 e. The fraction of sp³-hybridized carbons (Fsp3) is 0.500. The number of para-hydroxylation sites is 1. The van der Waals surface area contributed by atoms with E-state index < -0.39 is 12.6 Å². The zero-order chi connectivity index (χ0) is 12.2. The molecule has 0 radical (unpaired) electrons. The highest BCUT2D eigenvalue weighted by molar-refractivity contribution is 5.52. The molecule has 0 fully saturated rings. The van der Waals surface area contributed by atoms with Gasteiger partial charge in [0.25, 0.3) is 0 Å². The minimum absolute atomic E-state index is 0.0762. The summed E-state index contributed by atoms with van der Waals surface area (Å²) >= 11 is 0. The highest BCUT2D eigenvalue weighted by Gasteiger charge is 2.26. The molecule has 0 saturated heterocycles. The second-order valence-electron chi connectivity index (χ2n) is 4.03. The largest absolute Gasteiger partial charge is 0.390 e. The van der Waals surface area contributed by atoms with E-state index in [1.54, 1.807) is 0 Å². The SMILES string of the molecule is CC(C)c1ccccc1NCCC(F)(F)F. The Balaban J connectivity index is 2.60. The Hall–Kier alpha value is -1.19. The van der Waals surface area contributed by atoms with Crippen molar-refractivity contribution in [1.29, 1.82) is 0 Å². The summed E-state index contributed by atoms with van der Waals surface area (Å²) in [5.41, 5.74) is 1.84. The van der Waals surface area contributed by atoms with Crippen molar-refractivity contribution >= 4 is 5.69 Å². The van der Waals surface area contributed by atoms with Crippen LogP contribution in [0.15, 0.2) is 24.3 Å². The van der Waals surface area contributed by atoms with Crippen LogP contribution in [0.25, 0.3) is 0 Å². The summed E-state index contributed by atoms with van der Waals surface area (Å²) in [5.74, 6) is 0.301. The van der Waals surface area contributed by atoms with Crippen molar-refractivity contribution in [1.82, 2.24) is 0 Å². The number of hydrogen-bond donors (Lipinski definition) is 1. The second kappa shape index (κ2) is 5.23. The molecule has 16 heavy (non-hydrogen) atoms. The Morgan fingerprint density at radius 2 is 1.81 bits per heavy atom. The molecular formula is C12H16F3N. The third-order valence-electron chi connectivity index (χ3n) is 2.31. The quantitative estimate of drug-likeness (QED) is 0.819. The number of halogens is 3. The van der Waals surface area contributed by atoms with Crippen molar-refractivity contribution in [2.24, 2.45) is 0 Å². The number of hydrogen-bond acceptors (Lipinski definition) is 1. The molecule has 1 nitrogen and oxygen atoms in total. The van der Waals surface area contributed by atoms with Crippen LogP contribution in [-0.2, 0) is 0 Å². The number of alkyl halides is 3. The van der Waals surface area contributed by atoms with E-state index >= 15 is 0 Å². The Bertz CT molecular complexity index is 331. The zero-order valence-corrected chi connectivity index (χ0v) is 9.43. The summed E-state index contributed by atoms with van der Waals surface area (Å²) in [6.45, 7) is 3.96. The molecule has 0 heterocycles. The van der Waals surface area contributed by atoms with Gasteiger partial charge in [0, 0.05) is 12.2 Å². The maximum atomic E-state index is 12.0. The third-order valence-corrected chi connectivity index (χ3v) is 2.31. The van der Waals surface area contributed by atoms with Crippen molar-refractivity contribution in [3.63, 3.8) is 0 Å². The van der Waals surface area contributed by atoms with E-state index in [2.05, 4.69) is 5.32 Å². The number of anilines is 1. The van der Waals surface area contributed by atoms with Crippen LogP contribution in [0.2, 0.25) is 0 Å². The van der Waals surface area contributed by atoms with Crippen LogP contribution < -0.4 is 5.32 Å². The maximum absolute atomic E-state index is 12.0. The van der Waals surface area contributed by atoms with E-state index in [1.165, 1.54) is 0 Å². The minimum atomic E-state index is -4.10. The van der Waals surface area contributed by atoms with Crippen LogP contribution in [0.3, 0.4) is 0 Å². The fourth-order valence-electron chi connectivity index (χ4n) is 1.50. The summed E-state index contributed by atoms with van der Waals surface area (Å²) in [6.07, 6.45) is -4.90. The van der Waals surface area contributed by atoms with E-state index in [0.29, 0.717) is 5.92 Å². The lowest BCUT2D eigenvalue weighted by Gasteiger charge is -2.15. The molecular weight excluding hydrogens is 215 g/mol. The summed E-state index contributed by atoms with van der Waals surface area (Å²) in [7, 11) is 0. The zero-order valence-electron chi connectivity index (χ0n) is 9.43. The summed E-state index contributed by atoms with van der Waals surface area (Å²) < 4.78 is 35.9. The van der Waals surface area contributed by atoms with Crippen molar-refractivity contribution in [2.45, 2.75) is 32.4 Å². The van der Waals surface area contributed by atoms with Crippen LogP contribution in [0.4, 0.5) is 18.9 Å². The van der Waals surface area contributed by atoms with Gasteiger partial charge in [-0.05, 0) is 17.5 Å². The third kappa shape index (κ3) is 4.13. The fourth-order valence-corrected chi connectivity index (χ4v) is 1.50. The molecule has 0 saturated carbocycles. The molecule has 0 bridgehead atoms. The van der Waals surface area contributed by atoms with Gasteiger partial charge >= 0.3 is 6.18 Å². The smallest absolute Gasteiger partial charge is 0.384 e. The Kier molecular flexibility index (Phi) is 4.21. The summed E-state index contributed by atoms with van der Waals surface area (Å²) in [4.78, 5) is 0. The van der Waals surface area contributed by atoms with E-state index in [4.69, 9.17) is 0 Å². The predicted octanol–water partition coefficient (Wildman–Crippen LogP) is 4.17. The molecule has 4 heteroatoms. The monoisotopic (exact) mass is 231 g/mol. The highest BCUT2D eigenvalue weighted by atomic mass is 19.4. The number of rotatable bonds is 4. The van der Waals surface area contributed by atoms with Gasteiger partial charge in [-0.2, -0.15) is 13.2 Å². The van der Waals surface area contributed by atoms with E-state index in [-0.39, 0.29) is 6.54 Å². The van der Waals surface area contributed by atoms with Gasteiger partial charge in [-0.15, -0.1) is 0 Å². The molecule has 0 amide bonds. The highest BCUT2D eigenvalue weighted by Crippen LogP contribution is 2.25. The normalized spacial score (nSPS) is 11.9. The molecule has 90 valence electrons. The average molecular weight is 231 g/mol. The molecule has 1 aromatic carbocycles. The van der Waals surface area contributed by atoms with Gasteiger partial charge in [0.15, 0.2) is 0 Å². The molecule has 0 aromatic heterocycles. The van der Waals surface area contributed by atoms with Gasteiger partial charge in [-0.3, -0.25) is 0 Å². The number of benzene rings is 1. The van der Waals surface area contributed by atoms with Gasteiger partial charge in [-0.25, -0.2) is 0 Å². The topological polar surface area (TPSA) is 12.0 Å². The second-order valence-corrected chi connectivity index (χ2v) is 4.03. The predicted molar refractivity (Wildman–Crippen MR) is 59.7 cm³/mol. The van der Waals surface area contributed by atoms with Crippen LogP contribution in [-0.4, -0.2) is 12.7 Å². The molecule has 0 unspecified atom stereocenters. The molecule has 1 rings (SSSR count). The van der Waals surface area contributed by atoms with E-state index in [9.17, 15) is 13.2 Å². The van der Waals surface area contributed by atoms with Crippen LogP contribution in [0.5, 0.6) is 0 Å². The Labute approximate surface area is 93.7 Å². The van der Waals surface area contributed by atoms with Crippen LogP contribution in [0.1, 0.15) is 31.7 Å². The first kappa shape index (κ1) is 12.9. The number of nitrogens with one attached hydrogen (secondary N) is 1. The molecule has 0 aliphatic carbocycles. The molecule has 0 atom stereocenters. The van der Waals surface area contributed by atoms with Gasteiger partial charge in [-0.1, -0.05) is 32.0 Å². The first-order valence-electron chi connectivity index (χ1n) is 5.29. The maximum Gasteiger partial charge on any atom is 0.390 e. The van der Waals surface area contributed by atoms with E-state index in [1.807, 2.05) is 38.1 Å². The van der Waals surface area contributed by atoms with Crippen molar-refractivity contribution < 1.29 is 13.2 Å². The summed E-state index contributed by atoms with van der Waals surface area (Å²) in [5, 5.41) is 2.83. The lowest BCUT2D eigenvalue weighted by Crippen LogP contribution is -2.15. The summed E-state index contributed by atoms with van der Waals surface area (Å²) in [6, 6.07) is 7.46. The standard InChI is InChI=1S/C12H16F3N/c1-9(2)10-5-3-4-6-11(10)16-8-7-12(13,14)15/h3-6,9,16H,7-8H2,1-2H3. The molecule has 1 aromatic rings. The molecule has 0 aliphatic rings. The van der Waals surface area contributed by atoms with Crippen molar-refractivity contribution in [3.8, 4) is 0 Å². The lowest BCUT2D eigenvalue weighted by molar-refractivity contribution is -0.131. The average Bonchev–Trinajstić information content (AvgIpc) is 2.16. The Morgan fingerprint density at radius 3 is 2.38 bits per heavy atom. The first-order valence-corrected chi connectivity index (χ1v) is 5.29. The van der Waals surface area contributed by atoms with E-state index in [0.717, 1.165) is 11.3 Å². The van der Waals surface area contributed by atoms with Gasteiger partial charge in [0.2, 0.25) is 0 Å². The van der Waals surface area contributed by atoms with Gasteiger partial charge < -0.3 is 5.32 Å². The first-order chi connectivity index (χ1) is 7.40. The molecule has 0 spiro atoms. The van der Waals surface area contributed by atoms with Crippen molar-refractivity contribution in [3.05, 3.63) is 29.8 Å². The van der Waals surface area contributed by atoms with Gasteiger partial charge in [0.05, 0.1) is 6.42 Å². The Morgan fingerprint density at radius 1 is 1.19 bits per heavy atom. The molecule has 0 aliphatic heterocycles. The van der Waals surface area contributed by atoms with Crippen LogP contribution in [0, 0.1) is 0 Å². The molecule has 1 N–H and O–H groups in total.